The summed E-state index contributed by atoms with van der Waals surface area (Å²) < 4.78 is 11.6. The second kappa shape index (κ2) is 5.46. The zero-order valence-electron chi connectivity index (χ0n) is 10.1. The van der Waals surface area contributed by atoms with Crippen LogP contribution in [0.25, 0.3) is 0 Å². The molecule has 1 saturated heterocycles. The minimum absolute atomic E-state index is 0.266. The highest BCUT2D eigenvalue weighted by Crippen LogP contribution is 2.32. The fraction of sp³-hybridized carbons (Fsp3) is 0.571. The van der Waals surface area contributed by atoms with Gasteiger partial charge in [-0.05, 0) is 32.3 Å². The van der Waals surface area contributed by atoms with E-state index in [0.717, 1.165) is 19.4 Å². The van der Waals surface area contributed by atoms with E-state index in [9.17, 15) is 0 Å². The highest BCUT2D eigenvalue weighted by atomic mass is 16.5. The molecule has 16 heavy (non-hydrogen) atoms. The number of hydrogen-bond donors (Lipinski definition) is 0. The molecule has 1 fully saturated rings. The second-order valence-corrected chi connectivity index (χ2v) is 4.62. The largest absolute Gasteiger partial charge is 0.376 e. The fourth-order valence-electron chi connectivity index (χ4n) is 2.04. The molecule has 2 unspecified atom stereocenters. The van der Waals surface area contributed by atoms with E-state index in [4.69, 9.17) is 9.47 Å². The van der Waals surface area contributed by atoms with Crippen LogP contribution >= 0.6 is 0 Å². The van der Waals surface area contributed by atoms with E-state index in [1.807, 2.05) is 6.07 Å². The Morgan fingerprint density at radius 1 is 1.25 bits per heavy atom. The van der Waals surface area contributed by atoms with Crippen LogP contribution in [-0.4, -0.2) is 18.8 Å². The van der Waals surface area contributed by atoms with Crippen LogP contribution in [-0.2, 0) is 9.47 Å². The summed E-state index contributed by atoms with van der Waals surface area (Å²) in [5.74, 6) is 0. The van der Waals surface area contributed by atoms with Gasteiger partial charge in [0.2, 0.25) is 0 Å². The van der Waals surface area contributed by atoms with Gasteiger partial charge in [0.05, 0.1) is 24.9 Å². The molecule has 2 nitrogen and oxygen atoms in total. The topological polar surface area (TPSA) is 18.5 Å². The van der Waals surface area contributed by atoms with Crippen molar-refractivity contribution in [2.24, 2.45) is 0 Å². The third kappa shape index (κ3) is 3.06. The van der Waals surface area contributed by atoms with Crippen molar-refractivity contribution in [2.75, 3.05) is 6.61 Å². The van der Waals surface area contributed by atoms with Crippen LogP contribution < -0.4 is 0 Å². The molecule has 0 N–H and O–H groups in total. The quantitative estimate of drug-likeness (QED) is 0.775. The lowest BCUT2D eigenvalue weighted by molar-refractivity contribution is -0.0331. The highest BCUT2D eigenvalue weighted by molar-refractivity contribution is 5.18. The van der Waals surface area contributed by atoms with E-state index in [2.05, 4.69) is 38.1 Å². The lowest BCUT2D eigenvalue weighted by Crippen LogP contribution is -2.17. The Morgan fingerprint density at radius 2 is 2.00 bits per heavy atom. The van der Waals surface area contributed by atoms with Crippen molar-refractivity contribution >= 4 is 0 Å². The van der Waals surface area contributed by atoms with Crippen molar-refractivity contribution in [1.82, 2.24) is 0 Å². The summed E-state index contributed by atoms with van der Waals surface area (Å²) in [4.78, 5) is 0. The monoisotopic (exact) mass is 220 g/mol. The molecule has 1 aromatic rings. The van der Waals surface area contributed by atoms with Crippen LogP contribution in [0.15, 0.2) is 30.3 Å². The van der Waals surface area contributed by atoms with Crippen LogP contribution in [0, 0.1) is 0 Å². The first-order valence-corrected chi connectivity index (χ1v) is 6.07. The van der Waals surface area contributed by atoms with Gasteiger partial charge in [-0.2, -0.15) is 0 Å². The molecule has 2 rings (SSSR count). The normalized spacial score (nSPS) is 25.2. The van der Waals surface area contributed by atoms with E-state index in [0.29, 0.717) is 6.10 Å². The zero-order valence-corrected chi connectivity index (χ0v) is 10.1. The van der Waals surface area contributed by atoms with E-state index in [1.165, 1.54) is 5.56 Å². The van der Waals surface area contributed by atoms with Crippen LogP contribution in [0.1, 0.15) is 38.4 Å². The summed E-state index contributed by atoms with van der Waals surface area (Å²) >= 11 is 0. The first kappa shape index (κ1) is 11.6. The molecule has 2 atom stereocenters. The summed E-state index contributed by atoms with van der Waals surface area (Å²) in [5.41, 5.74) is 1.29. The van der Waals surface area contributed by atoms with Crippen LogP contribution in [0.4, 0.5) is 0 Å². The second-order valence-electron chi connectivity index (χ2n) is 4.62. The molecule has 1 aliphatic rings. The Kier molecular flexibility index (Phi) is 3.97. The van der Waals surface area contributed by atoms with E-state index in [1.54, 1.807) is 0 Å². The fourth-order valence-corrected chi connectivity index (χ4v) is 2.04. The lowest BCUT2D eigenvalue weighted by Gasteiger charge is -2.15. The maximum Gasteiger partial charge on any atom is 0.0830 e. The Balaban J connectivity index is 1.84. The Morgan fingerprint density at radius 3 is 2.69 bits per heavy atom. The maximum atomic E-state index is 5.97. The minimum atomic E-state index is 0.266. The summed E-state index contributed by atoms with van der Waals surface area (Å²) in [5, 5.41) is 0. The van der Waals surface area contributed by atoms with E-state index in [-0.39, 0.29) is 12.2 Å². The molecule has 0 saturated carbocycles. The van der Waals surface area contributed by atoms with Crippen LogP contribution in [0.5, 0.6) is 0 Å². The molecule has 0 bridgehead atoms. The van der Waals surface area contributed by atoms with Gasteiger partial charge in [0.25, 0.3) is 0 Å². The van der Waals surface area contributed by atoms with Gasteiger partial charge in [0.15, 0.2) is 0 Å². The molecule has 1 heterocycles. The van der Waals surface area contributed by atoms with Crippen LogP contribution in [0.2, 0.25) is 0 Å². The third-order valence-electron chi connectivity index (χ3n) is 2.89. The van der Waals surface area contributed by atoms with Crippen molar-refractivity contribution in [1.29, 1.82) is 0 Å². The van der Waals surface area contributed by atoms with Gasteiger partial charge in [0.1, 0.15) is 0 Å². The molecule has 0 aromatic heterocycles. The van der Waals surface area contributed by atoms with Crippen LogP contribution in [0.3, 0.4) is 0 Å². The standard InChI is InChI=1S/C14H20O2/c1-11(2)15-10-13-8-9-14(16-13)12-6-4-3-5-7-12/h3-7,11,13-14H,8-10H2,1-2H3. The molecule has 0 aliphatic carbocycles. The third-order valence-corrected chi connectivity index (χ3v) is 2.89. The molecular weight excluding hydrogens is 200 g/mol. The Bertz CT molecular complexity index is 308. The Hall–Kier alpha value is -0.860. The van der Waals surface area contributed by atoms with Gasteiger partial charge in [0, 0.05) is 0 Å². The number of benzene rings is 1. The maximum absolute atomic E-state index is 5.97. The highest BCUT2D eigenvalue weighted by Gasteiger charge is 2.26. The minimum Gasteiger partial charge on any atom is -0.376 e. The van der Waals surface area contributed by atoms with Crippen molar-refractivity contribution in [3.8, 4) is 0 Å². The predicted molar refractivity (Wildman–Crippen MR) is 64.4 cm³/mol. The SMILES string of the molecule is CC(C)OCC1CCC(c2ccccc2)O1. The average Bonchev–Trinajstić information content (AvgIpc) is 2.76. The van der Waals surface area contributed by atoms with Crippen molar-refractivity contribution < 1.29 is 9.47 Å². The molecule has 1 aliphatic heterocycles. The van der Waals surface area contributed by atoms with Gasteiger partial charge in [-0.3, -0.25) is 0 Å². The summed E-state index contributed by atoms with van der Waals surface area (Å²) in [7, 11) is 0. The molecule has 0 spiro atoms. The number of ether oxygens (including phenoxy) is 2. The van der Waals surface area contributed by atoms with Gasteiger partial charge in [-0.15, -0.1) is 0 Å². The Labute approximate surface area is 97.6 Å². The average molecular weight is 220 g/mol. The van der Waals surface area contributed by atoms with Gasteiger partial charge < -0.3 is 9.47 Å². The molecule has 1 aromatic carbocycles. The zero-order chi connectivity index (χ0) is 11.4. The van der Waals surface area contributed by atoms with E-state index < -0.39 is 0 Å². The van der Waals surface area contributed by atoms with Crippen molar-refractivity contribution in [2.45, 2.75) is 45.0 Å². The molecular formula is C14H20O2. The lowest BCUT2D eigenvalue weighted by atomic mass is 10.1. The summed E-state index contributed by atoms with van der Waals surface area (Å²) in [6.45, 7) is 4.84. The smallest absolute Gasteiger partial charge is 0.0830 e. The number of rotatable bonds is 4. The first-order valence-electron chi connectivity index (χ1n) is 6.07. The van der Waals surface area contributed by atoms with Gasteiger partial charge in [-0.25, -0.2) is 0 Å². The molecule has 88 valence electrons. The van der Waals surface area contributed by atoms with Crippen molar-refractivity contribution in [3.63, 3.8) is 0 Å². The molecule has 2 heteroatoms. The first-order chi connectivity index (χ1) is 7.75. The van der Waals surface area contributed by atoms with Crippen molar-refractivity contribution in [3.05, 3.63) is 35.9 Å². The summed E-state index contributed by atoms with van der Waals surface area (Å²) in [6, 6.07) is 10.4. The predicted octanol–water partition coefficient (Wildman–Crippen LogP) is 3.33. The van der Waals surface area contributed by atoms with E-state index >= 15 is 0 Å². The number of hydrogen-bond acceptors (Lipinski definition) is 2. The van der Waals surface area contributed by atoms with Gasteiger partial charge >= 0.3 is 0 Å². The molecule has 0 radical (unpaired) electrons. The molecule has 0 amide bonds. The summed E-state index contributed by atoms with van der Waals surface area (Å²) in [6.07, 6.45) is 3.04. The van der Waals surface area contributed by atoms with Gasteiger partial charge in [-0.1, -0.05) is 30.3 Å².